The Bertz CT molecular complexity index is 690. The van der Waals surface area contributed by atoms with E-state index < -0.39 is 0 Å². The second-order valence-corrected chi connectivity index (χ2v) is 5.29. The Balaban J connectivity index is 1.89. The van der Waals surface area contributed by atoms with Crippen molar-refractivity contribution in [1.29, 1.82) is 5.26 Å². The lowest BCUT2D eigenvalue weighted by molar-refractivity contribution is -0.118. The Kier molecular flexibility index (Phi) is 4.96. The van der Waals surface area contributed by atoms with E-state index in [2.05, 4.69) is 21.2 Å². The average Bonchev–Trinajstić information content (AvgIpc) is 2.49. The second-order valence-electron chi connectivity index (χ2n) is 4.44. The zero-order valence-corrected chi connectivity index (χ0v) is 13.0. The van der Waals surface area contributed by atoms with Gasteiger partial charge in [0.1, 0.15) is 5.75 Å². The summed E-state index contributed by atoms with van der Waals surface area (Å²) in [5.74, 6) is 0.317. The van der Waals surface area contributed by atoms with E-state index >= 15 is 0 Å². The molecule has 0 radical (unpaired) electrons. The van der Waals surface area contributed by atoms with Gasteiger partial charge in [-0.3, -0.25) is 4.79 Å². The molecule has 4 nitrogen and oxygen atoms in total. The monoisotopic (exact) mass is 344 g/mol. The molecular formula is C16H13BrN2O2. The highest BCUT2D eigenvalue weighted by molar-refractivity contribution is 9.10. The van der Waals surface area contributed by atoms with Crippen molar-refractivity contribution in [1.82, 2.24) is 0 Å². The second kappa shape index (κ2) is 6.91. The van der Waals surface area contributed by atoms with Crippen LogP contribution in [0.2, 0.25) is 0 Å². The number of amides is 1. The lowest BCUT2D eigenvalue weighted by Crippen LogP contribution is -2.20. The van der Waals surface area contributed by atoms with E-state index in [0.717, 1.165) is 15.7 Å². The zero-order valence-electron chi connectivity index (χ0n) is 11.4. The van der Waals surface area contributed by atoms with Crippen molar-refractivity contribution >= 4 is 27.5 Å². The van der Waals surface area contributed by atoms with Gasteiger partial charge in [0.2, 0.25) is 0 Å². The molecular weight excluding hydrogens is 332 g/mol. The largest absolute Gasteiger partial charge is 0.484 e. The third-order valence-electron chi connectivity index (χ3n) is 2.80. The molecule has 2 rings (SSSR count). The van der Waals surface area contributed by atoms with Gasteiger partial charge in [0.15, 0.2) is 6.61 Å². The van der Waals surface area contributed by atoms with E-state index in [1.54, 1.807) is 24.3 Å². The summed E-state index contributed by atoms with van der Waals surface area (Å²) in [5.41, 5.74) is 2.32. The summed E-state index contributed by atoms with van der Waals surface area (Å²) in [6, 6.07) is 14.2. The first-order valence-electron chi connectivity index (χ1n) is 6.27. The molecule has 2 aromatic rings. The Hall–Kier alpha value is -2.32. The summed E-state index contributed by atoms with van der Waals surface area (Å²) >= 11 is 3.41. The van der Waals surface area contributed by atoms with E-state index in [9.17, 15) is 4.79 Å². The van der Waals surface area contributed by atoms with E-state index in [4.69, 9.17) is 10.00 Å². The number of benzene rings is 2. The summed E-state index contributed by atoms with van der Waals surface area (Å²) < 4.78 is 6.36. The topological polar surface area (TPSA) is 62.1 Å². The van der Waals surface area contributed by atoms with Gasteiger partial charge in [0.25, 0.3) is 5.91 Å². The van der Waals surface area contributed by atoms with Gasteiger partial charge in [-0.05, 0) is 55.0 Å². The molecule has 0 heterocycles. The van der Waals surface area contributed by atoms with Gasteiger partial charge in [-0.2, -0.15) is 5.26 Å². The zero-order chi connectivity index (χ0) is 15.2. The highest BCUT2D eigenvalue weighted by Crippen LogP contribution is 2.20. The van der Waals surface area contributed by atoms with Crippen LogP contribution in [-0.4, -0.2) is 12.5 Å². The maximum Gasteiger partial charge on any atom is 0.262 e. The number of nitriles is 1. The average molecular weight is 345 g/mol. The number of ether oxygens (including phenoxy) is 1. The number of rotatable bonds is 4. The first kappa shape index (κ1) is 15.1. The van der Waals surface area contributed by atoms with E-state index in [1.165, 1.54) is 0 Å². The number of hydrogen-bond donors (Lipinski definition) is 1. The minimum absolute atomic E-state index is 0.0823. The fourth-order valence-corrected chi connectivity index (χ4v) is 1.94. The molecule has 0 aliphatic rings. The molecule has 106 valence electrons. The Morgan fingerprint density at radius 3 is 2.62 bits per heavy atom. The summed E-state index contributed by atoms with van der Waals surface area (Å²) in [4.78, 5) is 11.8. The summed E-state index contributed by atoms with van der Waals surface area (Å²) in [5, 5.41) is 11.5. The third kappa shape index (κ3) is 4.33. The SMILES string of the molecule is Cc1cc(NC(=O)COc2ccc(C#N)cc2)ccc1Br. The molecule has 1 N–H and O–H groups in total. The van der Waals surface area contributed by atoms with E-state index in [0.29, 0.717) is 11.3 Å². The van der Waals surface area contributed by atoms with Gasteiger partial charge in [-0.1, -0.05) is 15.9 Å². The minimum atomic E-state index is -0.235. The molecule has 0 atom stereocenters. The Labute approximate surface area is 131 Å². The Morgan fingerprint density at radius 2 is 2.00 bits per heavy atom. The van der Waals surface area contributed by atoms with Crippen molar-refractivity contribution < 1.29 is 9.53 Å². The first-order chi connectivity index (χ1) is 10.1. The van der Waals surface area contributed by atoms with Crippen LogP contribution in [0.4, 0.5) is 5.69 Å². The summed E-state index contributed by atoms with van der Waals surface area (Å²) in [6.07, 6.45) is 0. The Morgan fingerprint density at radius 1 is 1.29 bits per heavy atom. The van der Waals surface area contributed by atoms with Crippen LogP contribution in [0.3, 0.4) is 0 Å². The molecule has 0 saturated carbocycles. The molecule has 0 fully saturated rings. The van der Waals surface area contributed by atoms with Gasteiger partial charge in [-0.15, -0.1) is 0 Å². The summed E-state index contributed by atoms with van der Waals surface area (Å²) in [6.45, 7) is 1.87. The molecule has 1 amide bonds. The molecule has 0 saturated heterocycles. The van der Waals surface area contributed by atoms with Crippen LogP contribution < -0.4 is 10.1 Å². The predicted octanol–water partition coefficient (Wildman–Crippen LogP) is 3.65. The molecule has 21 heavy (non-hydrogen) atoms. The van der Waals surface area contributed by atoms with Crippen molar-refractivity contribution in [2.45, 2.75) is 6.92 Å². The molecule has 2 aromatic carbocycles. The number of anilines is 1. The fraction of sp³-hybridized carbons (Fsp3) is 0.125. The van der Waals surface area contributed by atoms with Crippen LogP contribution in [0.25, 0.3) is 0 Å². The molecule has 0 spiro atoms. The van der Waals surface area contributed by atoms with Crippen LogP contribution in [0.5, 0.6) is 5.75 Å². The van der Waals surface area contributed by atoms with Crippen molar-refractivity contribution in [3.63, 3.8) is 0 Å². The smallest absolute Gasteiger partial charge is 0.262 e. The summed E-state index contributed by atoms with van der Waals surface area (Å²) in [7, 11) is 0. The quantitative estimate of drug-likeness (QED) is 0.920. The maximum absolute atomic E-state index is 11.8. The van der Waals surface area contributed by atoms with Gasteiger partial charge in [0.05, 0.1) is 11.6 Å². The van der Waals surface area contributed by atoms with Gasteiger partial charge < -0.3 is 10.1 Å². The van der Waals surface area contributed by atoms with Crippen molar-refractivity contribution in [3.8, 4) is 11.8 Å². The number of halogens is 1. The third-order valence-corrected chi connectivity index (χ3v) is 3.68. The van der Waals surface area contributed by atoms with Crippen LogP contribution in [-0.2, 0) is 4.79 Å². The van der Waals surface area contributed by atoms with Crippen LogP contribution in [0, 0.1) is 18.3 Å². The molecule has 0 aliphatic heterocycles. The first-order valence-corrected chi connectivity index (χ1v) is 7.07. The lowest BCUT2D eigenvalue weighted by atomic mass is 10.2. The molecule has 0 unspecified atom stereocenters. The normalized spacial score (nSPS) is 9.76. The standard InChI is InChI=1S/C16H13BrN2O2/c1-11-8-13(4-7-15(11)17)19-16(20)10-21-14-5-2-12(9-18)3-6-14/h2-8H,10H2,1H3,(H,19,20). The number of carbonyl (C=O) groups excluding carboxylic acids is 1. The van der Waals surface area contributed by atoms with Crippen LogP contribution >= 0.6 is 15.9 Å². The van der Waals surface area contributed by atoms with E-state index in [-0.39, 0.29) is 12.5 Å². The highest BCUT2D eigenvalue weighted by atomic mass is 79.9. The van der Waals surface area contributed by atoms with Crippen molar-refractivity contribution in [2.75, 3.05) is 11.9 Å². The maximum atomic E-state index is 11.8. The molecule has 5 heteroatoms. The number of hydrogen-bond acceptors (Lipinski definition) is 3. The minimum Gasteiger partial charge on any atom is -0.484 e. The number of nitrogens with zero attached hydrogens (tertiary/aromatic N) is 1. The molecule has 0 bridgehead atoms. The van der Waals surface area contributed by atoms with Gasteiger partial charge in [-0.25, -0.2) is 0 Å². The number of carbonyl (C=O) groups is 1. The van der Waals surface area contributed by atoms with Crippen LogP contribution in [0.15, 0.2) is 46.9 Å². The number of nitrogens with one attached hydrogen (secondary N) is 1. The molecule has 0 aromatic heterocycles. The van der Waals surface area contributed by atoms with Gasteiger partial charge >= 0.3 is 0 Å². The van der Waals surface area contributed by atoms with E-state index in [1.807, 2.05) is 31.2 Å². The lowest BCUT2D eigenvalue weighted by Gasteiger charge is -2.08. The molecule has 0 aliphatic carbocycles. The predicted molar refractivity (Wildman–Crippen MR) is 84.2 cm³/mol. The van der Waals surface area contributed by atoms with Crippen LogP contribution in [0.1, 0.15) is 11.1 Å². The van der Waals surface area contributed by atoms with Gasteiger partial charge in [0, 0.05) is 10.2 Å². The number of aryl methyl sites for hydroxylation is 1. The highest BCUT2D eigenvalue weighted by Gasteiger charge is 2.05. The van der Waals surface area contributed by atoms with Crippen molar-refractivity contribution in [3.05, 3.63) is 58.1 Å². The van der Waals surface area contributed by atoms with Crippen molar-refractivity contribution in [2.24, 2.45) is 0 Å². The fourth-order valence-electron chi connectivity index (χ4n) is 1.69.